The summed E-state index contributed by atoms with van der Waals surface area (Å²) in [5.41, 5.74) is 0.908. The number of rotatable bonds is 3. The number of hydrogen-bond acceptors (Lipinski definition) is 1. The second-order valence-electron chi connectivity index (χ2n) is 3.99. The number of benzene rings is 1. The Hall–Kier alpha value is -0.410. The Morgan fingerprint density at radius 3 is 2.57 bits per heavy atom. The fourth-order valence-corrected chi connectivity index (χ4v) is 1.72. The molecule has 0 aliphatic rings. The predicted molar refractivity (Wildman–Crippen MR) is 58.8 cm³/mol. The average Bonchev–Trinajstić information content (AvgIpc) is 2.09. The van der Waals surface area contributed by atoms with Gasteiger partial charge in [0.15, 0.2) is 0 Å². The summed E-state index contributed by atoms with van der Waals surface area (Å²) in [6.45, 7) is 4.20. The number of hydrogen-bond donors (Lipinski definition) is 1. The van der Waals surface area contributed by atoms with E-state index in [1.165, 1.54) is 6.07 Å². The molecule has 0 radical (unpaired) electrons. The Labute approximate surface area is 92.1 Å². The van der Waals surface area contributed by atoms with Crippen molar-refractivity contribution in [3.8, 4) is 0 Å². The van der Waals surface area contributed by atoms with E-state index < -0.39 is 0 Å². The van der Waals surface area contributed by atoms with Crippen LogP contribution >= 0.6 is 15.9 Å². The zero-order chi connectivity index (χ0) is 10.8. The molecule has 0 aliphatic carbocycles. The van der Waals surface area contributed by atoms with Crippen LogP contribution < -0.4 is 0 Å². The van der Waals surface area contributed by atoms with Gasteiger partial charge in [0.25, 0.3) is 0 Å². The molecule has 3 heteroatoms. The van der Waals surface area contributed by atoms with Crippen molar-refractivity contribution in [3.63, 3.8) is 0 Å². The zero-order valence-corrected chi connectivity index (χ0v) is 9.94. The van der Waals surface area contributed by atoms with E-state index in [1.54, 1.807) is 12.1 Å². The van der Waals surface area contributed by atoms with Crippen molar-refractivity contribution < 1.29 is 9.50 Å². The number of halogens is 2. The van der Waals surface area contributed by atoms with Crippen molar-refractivity contribution in [3.05, 3.63) is 34.1 Å². The van der Waals surface area contributed by atoms with E-state index in [9.17, 15) is 4.39 Å². The minimum absolute atomic E-state index is 0.120. The molecule has 0 bridgehead atoms. The first kappa shape index (κ1) is 11.7. The molecule has 1 nitrogen and oxygen atoms in total. The first-order chi connectivity index (χ1) is 6.47. The van der Waals surface area contributed by atoms with Crippen LogP contribution in [-0.2, 0) is 5.41 Å². The van der Waals surface area contributed by atoms with Crippen LogP contribution in [0.25, 0.3) is 0 Å². The van der Waals surface area contributed by atoms with E-state index in [-0.39, 0.29) is 17.8 Å². The first-order valence-corrected chi connectivity index (χ1v) is 5.33. The van der Waals surface area contributed by atoms with Gasteiger partial charge in [-0.2, -0.15) is 0 Å². The van der Waals surface area contributed by atoms with Crippen molar-refractivity contribution in [1.82, 2.24) is 0 Å². The van der Waals surface area contributed by atoms with Crippen LogP contribution in [-0.4, -0.2) is 11.7 Å². The second-order valence-corrected chi connectivity index (χ2v) is 4.84. The highest BCUT2D eigenvalue weighted by molar-refractivity contribution is 9.10. The Morgan fingerprint density at radius 1 is 1.43 bits per heavy atom. The molecule has 0 heterocycles. The lowest BCUT2D eigenvalue weighted by Gasteiger charge is -2.24. The Morgan fingerprint density at radius 2 is 2.07 bits per heavy atom. The molecule has 0 aliphatic heterocycles. The van der Waals surface area contributed by atoms with Crippen molar-refractivity contribution in [1.29, 1.82) is 0 Å². The molecule has 78 valence electrons. The molecule has 0 atom stereocenters. The summed E-state index contributed by atoms with van der Waals surface area (Å²) < 4.78 is 13.4. The van der Waals surface area contributed by atoms with Crippen molar-refractivity contribution in [2.75, 3.05) is 6.61 Å². The fourth-order valence-electron chi connectivity index (χ4n) is 1.34. The lowest BCUT2D eigenvalue weighted by atomic mass is 9.82. The van der Waals surface area contributed by atoms with Crippen molar-refractivity contribution >= 4 is 15.9 Å². The summed E-state index contributed by atoms with van der Waals surface area (Å²) in [4.78, 5) is 0. The number of aliphatic hydroxyl groups is 1. The van der Waals surface area contributed by atoms with Crippen LogP contribution in [0, 0.1) is 5.82 Å². The fraction of sp³-hybridized carbons (Fsp3) is 0.455. The normalized spacial score (nSPS) is 11.8. The summed E-state index contributed by atoms with van der Waals surface area (Å²) in [5.74, 6) is -0.256. The van der Waals surface area contributed by atoms with E-state index >= 15 is 0 Å². The summed E-state index contributed by atoms with van der Waals surface area (Å²) in [5, 5.41) is 8.90. The van der Waals surface area contributed by atoms with Gasteiger partial charge in [-0.3, -0.25) is 0 Å². The van der Waals surface area contributed by atoms with Gasteiger partial charge in [-0.15, -0.1) is 0 Å². The third-order valence-electron chi connectivity index (χ3n) is 2.44. The molecular weight excluding hydrogens is 247 g/mol. The molecule has 1 aromatic rings. The maximum Gasteiger partial charge on any atom is 0.137 e. The molecule has 1 aromatic carbocycles. The van der Waals surface area contributed by atoms with Crippen LogP contribution in [0.4, 0.5) is 4.39 Å². The molecule has 1 rings (SSSR count). The van der Waals surface area contributed by atoms with Crippen molar-refractivity contribution in [2.24, 2.45) is 0 Å². The van der Waals surface area contributed by atoms with Crippen LogP contribution in [0.3, 0.4) is 0 Å². The van der Waals surface area contributed by atoms with Crippen molar-refractivity contribution in [2.45, 2.75) is 25.7 Å². The van der Waals surface area contributed by atoms with Gasteiger partial charge in [0.05, 0.1) is 4.47 Å². The van der Waals surface area contributed by atoms with Gasteiger partial charge >= 0.3 is 0 Å². The van der Waals surface area contributed by atoms with Gasteiger partial charge in [0.1, 0.15) is 5.82 Å². The lowest BCUT2D eigenvalue weighted by molar-refractivity contribution is 0.252. The highest BCUT2D eigenvalue weighted by atomic mass is 79.9. The molecule has 0 fully saturated rings. The van der Waals surface area contributed by atoms with Crippen LogP contribution in [0.1, 0.15) is 25.8 Å². The molecule has 0 spiro atoms. The summed E-state index contributed by atoms with van der Waals surface area (Å²) in [6.07, 6.45) is 0.672. The SMILES string of the molecule is CC(C)(CCO)c1ccc(F)c(Br)c1. The monoisotopic (exact) mass is 260 g/mol. The molecule has 0 amide bonds. The van der Waals surface area contributed by atoms with Gasteiger partial charge in [-0.1, -0.05) is 19.9 Å². The Balaban J connectivity index is 3.01. The van der Waals surface area contributed by atoms with E-state index in [1.807, 2.05) is 13.8 Å². The highest BCUT2D eigenvalue weighted by Crippen LogP contribution is 2.29. The van der Waals surface area contributed by atoms with E-state index in [4.69, 9.17) is 5.11 Å². The van der Waals surface area contributed by atoms with Crippen LogP contribution in [0.2, 0.25) is 0 Å². The topological polar surface area (TPSA) is 20.2 Å². The van der Waals surface area contributed by atoms with Gasteiger partial charge in [0, 0.05) is 6.61 Å². The average molecular weight is 261 g/mol. The quantitative estimate of drug-likeness (QED) is 0.885. The standard InChI is InChI=1S/C11H14BrFO/c1-11(2,5-6-14)8-3-4-10(13)9(12)7-8/h3-4,7,14H,5-6H2,1-2H3. The first-order valence-electron chi connectivity index (χ1n) is 4.54. The third kappa shape index (κ3) is 2.55. The van der Waals surface area contributed by atoms with Crippen LogP contribution in [0.15, 0.2) is 22.7 Å². The largest absolute Gasteiger partial charge is 0.396 e. The molecule has 14 heavy (non-hydrogen) atoms. The zero-order valence-electron chi connectivity index (χ0n) is 8.35. The molecule has 1 N–H and O–H groups in total. The van der Waals surface area contributed by atoms with Gasteiger partial charge in [0.2, 0.25) is 0 Å². The minimum Gasteiger partial charge on any atom is -0.396 e. The molecule has 0 unspecified atom stereocenters. The summed E-state index contributed by atoms with van der Waals surface area (Å²) in [6, 6.07) is 4.97. The lowest BCUT2D eigenvalue weighted by Crippen LogP contribution is -2.18. The van der Waals surface area contributed by atoms with Gasteiger partial charge in [-0.05, 0) is 45.5 Å². The second kappa shape index (κ2) is 4.41. The summed E-state index contributed by atoms with van der Waals surface area (Å²) in [7, 11) is 0. The summed E-state index contributed by atoms with van der Waals surface area (Å²) >= 11 is 3.15. The van der Waals surface area contributed by atoms with E-state index in [0.29, 0.717) is 10.9 Å². The van der Waals surface area contributed by atoms with Gasteiger partial charge in [-0.25, -0.2) is 4.39 Å². The van der Waals surface area contributed by atoms with Gasteiger partial charge < -0.3 is 5.11 Å². The molecule has 0 saturated heterocycles. The van der Waals surface area contributed by atoms with E-state index in [0.717, 1.165) is 5.56 Å². The Bertz CT molecular complexity index is 323. The van der Waals surface area contributed by atoms with E-state index in [2.05, 4.69) is 15.9 Å². The smallest absolute Gasteiger partial charge is 0.137 e. The maximum absolute atomic E-state index is 13.0. The maximum atomic E-state index is 13.0. The van der Waals surface area contributed by atoms with Crippen LogP contribution in [0.5, 0.6) is 0 Å². The molecular formula is C11H14BrFO. The predicted octanol–water partition coefficient (Wildman–Crippen LogP) is 3.25. The Kier molecular flexibility index (Phi) is 3.67. The minimum atomic E-state index is -0.256. The third-order valence-corrected chi connectivity index (χ3v) is 3.05. The highest BCUT2D eigenvalue weighted by Gasteiger charge is 2.20. The molecule has 0 aromatic heterocycles. The molecule has 0 saturated carbocycles. The number of aliphatic hydroxyl groups excluding tert-OH is 1.